The maximum Gasteiger partial charge on any atom is 0.261 e. The Bertz CT molecular complexity index is 984. The molecule has 3 rings (SSSR count). The normalized spacial score (nSPS) is 10.3. The zero-order chi connectivity index (χ0) is 16.9. The molecule has 1 heterocycles. The molecule has 118 valence electrons. The Morgan fingerprint density at radius 1 is 1.17 bits per heavy atom. The van der Waals surface area contributed by atoms with Crippen LogP contribution >= 0.6 is 0 Å². The highest BCUT2D eigenvalue weighted by molar-refractivity contribution is 5.90. The van der Waals surface area contributed by atoms with Crippen LogP contribution in [0.15, 0.2) is 59.7 Å². The fraction of sp³-hybridized carbons (Fsp3) is 0.111. The highest BCUT2D eigenvalue weighted by atomic mass is 16.2. The first-order valence-electron chi connectivity index (χ1n) is 7.37. The predicted molar refractivity (Wildman–Crippen MR) is 90.4 cm³/mol. The van der Waals surface area contributed by atoms with Crippen LogP contribution in [0.3, 0.4) is 0 Å². The summed E-state index contributed by atoms with van der Waals surface area (Å²) in [4.78, 5) is 28.7. The topological polar surface area (TPSA) is 87.8 Å². The summed E-state index contributed by atoms with van der Waals surface area (Å²) in [6, 6.07) is 16.1. The van der Waals surface area contributed by atoms with Gasteiger partial charge >= 0.3 is 0 Å². The smallest absolute Gasteiger partial charge is 0.261 e. The Hall–Kier alpha value is -3.46. The van der Waals surface area contributed by atoms with Crippen molar-refractivity contribution in [2.75, 3.05) is 5.32 Å². The summed E-state index contributed by atoms with van der Waals surface area (Å²) in [5.74, 6) is -0.317. The summed E-state index contributed by atoms with van der Waals surface area (Å²) < 4.78 is 1.28. The maximum atomic E-state index is 12.3. The highest BCUT2D eigenvalue weighted by Gasteiger charge is 2.08. The van der Waals surface area contributed by atoms with Gasteiger partial charge in [-0.15, -0.1) is 0 Å². The number of rotatable bonds is 4. The molecule has 0 atom stereocenters. The molecular weight excluding hydrogens is 304 g/mol. The molecule has 1 N–H and O–H groups in total. The van der Waals surface area contributed by atoms with Gasteiger partial charge in [0.25, 0.3) is 5.56 Å². The molecule has 24 heavy (non-hydrogen) atoms. The van der Waals surface area contributed by atoms with Crippen LogP contribution in [0.4, 0.5) is 5.69 Å². The van der Waals surface area contributed by atoms with E-state index in [0.717, 1.165) is 5.56 Å². The summed E-state index contributed by atoms with van der Waals surface area (Å²) in [6.45, 7) is -0.114. The number of nitrogens with zero attached hydrogens (tertiary/aromatic N) is 3. The van der Waals surface area contributed by atoms with E-state index in [4.69, 9.17) is 5.26 Å². The predicted octanol–water partition coefficient (Wildman–Crippen LogP) is 2.10. The number of benzene rings is 2. The number of nitriles is 1. The molecule has 0 radical (unpaired) electrons. The number of anilines is 1. The van der Waals surface area contributed by atoms with Gasteiger partial charge in [-0.25, -0.2) is 4.98 Å². The van der Waals surface area contributed by atoms with E-state index >= 15 is 0 Å². The number of hydrogen-bond acceptors (Lipinski definition) is 4. The number of aromatic nitrogens is 2. The molecule has 6 nitrogen and oxygen atoms in total. The van der Waals surface area contributed by atoms with Crippen molar-refractivity contribution in [2.24, 2.45) is 0 Å². The Labute approximate surface area is 138 Å². The fourth-order valence-corrected chi connectivity index (χ4v) is 2.37. The summed E-state index contributed by atoms with van der Waals surface area (Å²) >= 11 is 0. The van der Waals surface area contributed by atoms with Gasteiger partial charge in [0.2, 0.25) is 5.91 Å². The minimum atomic E-state index is -0.317. The quantitative estimate of drug-likeness (QED) is 0.798. The van der Waals surface area contributed by atoms with Crippen LogP contribution in [-0.2, 0) is 17.8 Å². The third kappa shape index (κ3) is 3.31. The minimum absolute atomic E-state index is 0.114. The molecule has 2 aromatic carbocycles. The van der Waals surface area contributed by atoms with Crippen molar-refractivity contribution in [3.05, 3.63) is 70.8 Å². The van der Waals surface area contributed by atoms with Crippen molar-refractivity contribution in [1.82, 2.24) is 9.55 Å². The number of amides is 1. The zero-order valence-electron chi connectivity index (χ0n) is 12.8. The molecule has 1 amide bonds. The monoisotopic (exact) mass is 318 g/mol. The lowest BCUT2D eigenvalue weighted by Crippen LogP contribution is -2.27. The van der Waals surface area contributed by atoms with E-state index in [1.807, 2.05) is 6.07 Å². The van der Waals surface area contributed by atoms with Crippen LogP contribution in [0, 0.1) is 11.3 Å². The van der Waals surface area contributed by atoms with Crippen LogP contribution in [0.2, 0.25) is 0 Å². The van der Waals surface area contributed by atoms with Crippen molar-refractivity contribution >= 4 is 22.5 Å². The first-order valence-corrected chi connectivity index (χ1v) is 7.37. The van der Waals surface area contributed by atoms with E-state index in [0.29, 0.717) is 23.0 Å². The lowest BCUT2D eigenvalue weighted by molar-refractivity contribution is -0.116. The molecule has 1 aromatic heterocycles. The Morgan fingerprint density at radius 3 is 2.67 bits per heavy atom. The average molecular weight is 318 g/mol. The minimum Gasteiger partial charge on any atom is -0.325 e. The second-order valence-corrected chi connectivity index (χ2v) is 5.27. The Morgan fingerprint density at radius 2 is 1.92 bits per heavy atom. The van der Waals surface area contributed by atoms with Gasteiger partial charge in [0.15, 0.2) is 0 Å². The first kappa shape index (κ1) is 15.4. The molecule has 0 aliphatic carbocycles. The van der Waals surface area contributed by atoms with Crippen molar-refractivity contribution in [1.29, 1.82) is 5.26 Å². The van der Waals surface area contributed by atoms with Crippen molar-refractivity contribution in [3.8, 4) is 6.07 Å². The van der Waals surface area contributed by atoms with Gasteiger partial charge in [0, 0.05) is 5.69 Å². The molecule has 0 unspecified atom stereocenters. The van der Waals surface area contributed by atoms with Crippen molar-refractivity contribution < 1.29 is 4.79 Å². The molecule has 0 aliphatic rings. The largest absolute Gasteiger partial charge is 0.325 e. The summed E-state index contributed by atoms with van der Waals surface area (Å²) in [5.41, 5.74) is 1.85. The van der Waals surface area contributed by atoms with Gasteiger partial charge in [-0.05, 0) is 29.8 Å². The Kier molecular flexibility index (Phi) is 4.34. The Balaban J connectivity index is 1.74. The maximum absolute atomic E-state index is 12.3. The van der Waals surface area contributed by atoms with Gasteiger partial charge in [0.05, 0.1) is 29.7 Å². The van der Waals surface area contributed by atoms with Crippen molar-refractivity contribution in [3.63, 3.8) is 0 Å². The van der Waals surface area contributed by atoms with Crippen LogP contribution < -0.4 is 10.9 Å². The lowest BCUT2D eigenvalue weighted by atomic mass is 10.1. The van der Waals surface area contributed by atoms with Crippen LogP contribution in [0.1, 0.15) is 5.56 Å². The van der Waals surface area contributed by atoms with Crippen LogP contribution in [-0.4, -0.2) is 15.5 Å². The van der Waals surface area contributed by atoms with Crippen LogP contribution in [0.25, 0.3) is 10.9 Å². The standard InChI is InChI=1S/C18H14N4O2/c19-10-9-13-5-7-14(8-6-13)21-17(23)11-22-12-20-16-4-2-1-3-15(16)18(22)24/h1-8,12H,9,11H2,(H,21,23). The molecule has 6 heteroatoms. The second kappa shape index (κ2) is 6.75. The van der Waals surface area contributed by atoms with E-state index < -0.39 is 0 Å². The summed E-state index contributed by atoms with van der Waals surface area (Å²) in [7, 11) is 0. The molecule has 0 spiro atoms. The highest BCUT2D eigenvalue weighted by Crippen LogP contribution is 2.10. The summed E-state index contributed by atoms with van der Waals surface area (Å²) in [6.07, 6.45) is 1.70. The van der Waals surface area contributed by atoms with E-state index in [9.17, 15) is 9.59 Å². The number of fused-ring (bicyclic) bond motifs is 1. The molecule has 0 saturated heterocycles. The van der Waals surface area contributed by atoms with Gasteiger partial charge < -0.3 is 5.32 Å². The SMILES string of the molecule is N#CCc1ccc(NC(=O)Cn2cnc3ccccc3c2=O)cc1. The van der Waals surface area contributed by atoms with Crippen LogP contribution in [0.5, 0.6) is 0 Å². The second-order valence-electron chi connectivity index (χ2n) is 5.27. The molecule has 3 aromatic rings. The molecule has 0 saturated carbocycles. The number of nitrogens with one attached hydrogen (secondary N) is 1. The van der Waals surface area contributed by atoms with E-state index in [2.05, 4.69) is 16.4 Å². The number of carbonyl (C=O) groups excluding carboxylic acids is 1. The van der Waals surface area contributed by atoms with E-state index in [1.54, 1.807) is 42.5 Å². The third-order valence-electron chi connectivity index (χ3n) is 3.57. The lowest BCUT2D eigenvalue weighted by Gasteiger charge is -2.08. The number of hydrogen-bond donors (Lipinski definition) is 1. The first-order chi connectivity index (χ1) is 11.7. The van der Waals surface area contributed by atoms with E-state index in [1.165, 1.54) is 10.9 Å². The average Bonchev–Trinajstić information content (AvgIpc) is 2.60. The fourth-order valence-electron chi connectivity index (χ4n) is 2.37. The number of carbonyl (C=O) groups is 1. The van der Waals surface area contributed by atoms with Gasteiger partial charge in [-0.2, -0.15) is 5.26 Å². The van der Waals surface area contributed by atoms with Gasteiger partial charge in [0.1, 0.15) is 6.54 Å². The van der Waals surface area contributed by atoms with Gasteiger partial charge in [-0.3, -0.25) is 14.2 Å². The molecular formula is C18H14N4O2. The third-order valence-corrected chi connectivity index (χ3v) is 3.57. The van der Waals surface area contributed by atoms with Gasteiger partial charge in [-0.1, -0.05) is 24.3 Å². The zero-order valence-corrected chi connectivity index (χ0v) is 12.8. The van der Waals surface area contributed by atoms with Crippen molar-refractivity contribution in [2.45, 2.75) is 13.0 Å². The molecule has 0 aliphatic heterocycles. The molecule has 0 bridgehead atoms. The summed E-state index contributed by atoms with van der Waals surface area (Å²) in [5, 5.41) is 11.8. The number of para-hydroxylation sites is 1. The van der Waals surface area contributed by atoms with E-state index in [-0.39, 0.29) is 18.0 Å². The molecule has 0 fully saturated rings.